The number of rotatable bonds is 4. The summed E-state index contributed by atoms with van der Waals surface area (Å²) < 4.78 is 2.39. The van der Waals surface area contributed by atoms with Crippen molar-refractivity contribution in [2.45, 2.75) is 38.1 Å². The van der Waals surface area contributed by atoms with Crippen LogP contribution < -0.4 is 5.32 Å². The van der Waals surface area contributed by atoms with E-state index in [1.54, 1.807) is 24.3 Å². The van der Waals surface area contributed by atoms with E-state index in [0.29, 0.717) is 6.04 Å². The highest BCUT2D eigenvalue weighted by Gasteiger charge is 2.33. The third-order valence-corrected chi connectivity index (χ3v) is 6.68. The summed E-state index contributed by atoms with van der Waals surface area (Å²) in [5.41, 5.74) is 2.16. The molecule has 3 atom stereocenters. The van der Waals surface area contributed by atoms with Gasteiger partial charge in [-0.2, -0.15) is 0 Å². The van der Waals surface area contributed by atoms with Gasteiger partial charge in [0, 0.05) is 35.6 Å². The Morgan fingerprint density at radius 3 is 3.08 bits per heavy atom. The Hall–Kier alpha value is -1.66. The van der Waals surface area contributed by atoms with Crippen LogP contribution in [0.15, 0.2) is 36.5 Å². The Morgan fingerprint density at radius 2 is 2.31 bits per heavy atom. The molecule has 0 spiro atoms. The summed E-state index contributed by atoms with van der Waals surface area (Å²) in [5.74, 6) is 1.67. The van der Waals surface area contributed by atoms with Crippen molar-refractivity contribution in [2.75, 3.05) is 19.3 Å². The second-order valence-electron chi connectivity index (χ2n) is 7.36. The van der Waals surface area contributed by atoms with E-state index in [9.17, 15) is 0 Å². The maximum atomic E-state index is 4.61. The summed E-state index contributed by atoms with van der Waals surface area (Å²) >= 11 is 1.64. The van der Waals surface area contributed by atoms with Crippen LogP contribution in [0.3, 0.4) is 0 Å². The van der Waals surface area contributed by atoms with E-state index < -0.39 is 0 Å². The second kappa shape index (κ2) is 7.92. The molecule has 3 unspecified atom stereocenters. The molecule has 1 aliphatic carbocycles. The molecule has 2 aliphatic rings. The summed E-state index contributed by atoms with van der Waals surface area (Å²) in [6.45, 7) is 6.14. The van der Waals surface area contributed by atoms with E-state index in [1.807, 2.05) is 6.20 Å². The SMILES string of the molecule is C=CN=C(SC)c1cn(C2CCC(C3CCCNC3)C2)c2ncncc12. The van der Waals surface area contributed by atoms with Crippen molar-refractivity contribution in [3.8, 4) is 0 Å². The minimum atomic E-state index is 0.528. The number of hydrogen-bond acceptors (Lipinski definition) is 5. The first-order valence-electron chi connectivity index (χ1n) is 9.56. The quantitative estimate of drug-likeness (QED) is 0.653. The van der Waals surface area contributed by atoms with Crippen LogP contribution in [-0.2, 0) is 0 Å². The molecule has 2 aromatic rings. The van der Waals surface area contributed by atoms with Gasteiger partial charge < -0.3 is 9.88 Å². The molecule has 6 heteroatoms. The van der Waals surface area contributed by atoms with Crippen LogP contribution in [-0.4, -0.2) is 38.9 Å². The van der Waals surface area contributed by atoms with Crippen LogP contribution in [0.25, 0.3) is 11.0 Å². The number of thioether (sulfide) groups is 1. The first kappa shape index (κ1) is 17.7. The van der Waals surface area contributed by atoms with Crippen LogP contribution in [0.2, 0.25) is 0 Å². The molecule has 5 nitrogen and oxygen atoms in total. The zero-order chi connectivity index (χ0) is 17.9. The molecule has 26 heavy (non-hydrogen) atoms. The number of fused-ring (bicyclic) bond motifs is 1. The normalized spacial score (nSPS) is 27.1. The summed E-state index contributed by atoms with van der Waals surface area (Å²) in [7, 11) is 0. The number of nitrogens with one attached hydrogen (secondary N) is 1. The van der Waals surface area contributed by atoms with Crippen LogP contribution in [0, 0.1) is 11.8 Å². The minimum Gasteiger partial charge on any atom is -0.329 e. The maximum absolute atomic E-state index is 4.61. The summed E-state index contributed by atoms with van der Waals surface area (Å²) in [4.78, 5) is 13.3. The monoisotopic (exact) mass is 369 g/mol. The smallest absolute Gasteiger partial charge is 0.144 e. The highest BCUT2D eigenvalue weighted by Crippen LogP contribution is 2.42. The van der Waals surface area contributed by atoms with Gasteiger partial charge in [0.15, 0.2) is 0 Å². The molecule has 3 heterocycles. The molecule has 0 amide bonds. The third kappa shape index (κ3) is 3.32. The summed E-state index contributed by atoms with van der Waals surface area (Å²) in [5, 5.41) is 5.65. The van der Waals surface area contributed by atoms with E-state index in [0.717, 1.165) is 33.5 Å². The fraction of sp³-hybridized carbons (Fsp3) is 0.550. The summed E-state index contributed by atoms with van der Waals surface area (Å²) in [6.07, 6.45) is 16.0. The maximum Gasteiger partial charge on any atom is 0.144 e. The van der Waals surface area contributed by atoms with E-state index in [-0.39, 0.29) is 0 Å². The van der Waals surface area contributed by atoms with E-state index in [2.05, 4.69) is 43.9 Å². The molecule has 4 rings (SSSR count). The zero-order valence-corrected chi connectivity index (χ0v) is 16.2. The van der Waals surface area contributed by atoms with E-state index in [4.69, 9.17) is 0 Å². The van der Waals surface area contributed by atoms with Crippen LogP contribution in [0.5, 0.6) is 0 Å². The van der Waals surface area contributed by atoms with Crippen molar-refractivity contribution in [1.82, 2.24) is 19.9 Å². The minimum absolute atomic E-state index is 0.528. The van der Waals surface area contributed by atoms with Gasteiger partial charge in [0.25, 0.3) is 0 Å². The van der Waals surface area contributed by atoms with E-state index in [1.165, 1.54) is 45.2 Å². The lowest BCUT2D eigenvalue weighted by Gasteiger charge is -2.28. The molecule has 1 saturated carbocycles. The van der Waals surface area contributed by atoms with Gasteiger partial charge in [0.2, 0.25) is 0 Å². The lowest BCUT2D eigenvalue weighted by Crippen LogP contribution is -2.33. The molecule has 1 saturated heterocycles. The first-order valence-corrected chi connectivity index (χ1v) is 10.8. The predicted molar refractivity (Wildman–Crippen MR) is 110 cm³/mol. The van der Waals surface area contributed by atoms with E-state index >= 15 is 0 Å². The largest absolute Gasteiger partial charge is 0.329 e. The van der Waals surface area contributed by atoms with Gasteiger partial charge in [-0.05, 0) is 63.3 Å². The fourth-order valence-electron chi connectivity index (χ4n) is 4.71. The van der Waals surface area contributed by atoms with Crippen molar-refractivity contribution >= 4 is 27.8 Å². The van der Waals surface area contributed by atoms with Gasteiger partial charge in [-0.15, -0.1) is 11.8 Å². The van der Waals surface area contributed by atoms with Crippen molar-refractivity contribution in [3.05, 3.63) is 37.1 Å². The first-order chi connectivity index (χ1) is 12.8. The van der Waals surface area contributed by atoms with Gasteiger partial charge in [0.1, 0.15) is 17.0 Å². The molecule has 2 fully saturated rings. The molecule has 2 aromatic heterocycles. The predicted octanol–water partition coefficient (Wildman–Crippen LogP) is 4.03. The van der Waals surface area contributed by atoms with Gasteiger partial charge in [0.05, 0.1) is 0 Å². The second-order valence-corrected chi connectivity index (χ2v) is 8.16. The molecule has 1 aliphatic heterocycles. The lowest BCUT2D eigenvalue weighted by atomic mass is 9.85. The highest BCUT2D eigenvalue weighted by atomic mass is 32.2. The van der Waals surface area contributed by atoms with Crippen molar-refractivity contribution in [1.29, 1.82) is 0 Å². The average molecular weight is 370 g/mol. The molecular formula is C20H27N5S. The molecule has 138 valence electrons. The zero-order valence-electron chi connectivity index (χ0n) is 15.4. The Balaban J connectivity index is 1.65. The van der Waals surface area contributed by atoms with Gasteiger partial charge in [-0.1, -0.05) is 6.58 Å². The number of nitrogens with zero attached hydrogens (tertiary/aromatic N) is 4. The molecule has 0 radical (unpaired) electrons. The lowest BCUT2D eigenvalue weighted by molar-refractivity contribution is 0.262. The van der Waals surface area contributed by atoms with Crippen molar-refractivity contribution < 1.29 is 0 Å². The molecular weight excluding hydrogens is 342 g/mol. The summed E-state index contributed by atoms with van der Waals surface area (Å²) in [6, 6.07) is 0.528. The van der Waals surface area contributed by atoms with Gasteiger partial charge in [-0.25, -0.2) is 15.0 Å². The van der Waals surface area contributed by atoms with Crippen LogP contribution in [0.1, 0.15) is 43.7 Å². The Morgan fingerprint density at radius 1 is 1.38 bits per heavy atom. The number of aliphatic imine (C=N–C) groups is 1. The van der Waals surface area contributed by atoms with Crippen molar-refractivity contribution in [3.63, 3.8) is 0 Å². The number of hydrogen-bond donors (Lipinski definition) is 1. The van der Waals surface area contributed by atoms with Gasteiger partial charge >= 0.3 is 0 Å². The van der Waals surface area contributed by atoms with Crippen LogP contribution >= 0.6 is 11.8 Å². The Kier molecular flexibility index (Phi) is 5.41. The fourth-order valence-corrected chi connectivity index (χ4v) is 5.27. The Bertz CT molecular complexity index is 806. The van der Waals surface area contributed by atoms with Crippen LogP contribution in [0.4, 0.5) is 0 Å². The Labute approximate surface area is 159 Å². The van der Waals surface area contributed by atoms with Gasteiger partial charge in [-0.3, -0.25) is 0 Å². The average Bonchev–Trinajstić information content (AvgIpc) is 3.32. The standard InChI is InChI=1S/C20H27N5S/c1-3-23-20(26-2)18-12-25(19-17(18)11-22-13-24-19)16-7-6-14(9-16)15-5-4-8-21-10-15/h3,11-16,21H,1,4-10H2,2H3. The third-order valence-electron chi connectivity index (χ3n) is 5.97. The topological polar surface area (TPSA) is 55.1 Å². The highest BCUT2D eigenvalue weighted by molar-refractivity contribution is 8.13. The molecule has 0 bridgehead atoms. The number of piperidine rings is 1. The molecule has 0 aromatic carbocycles. The molecule has 1 N–H and O–H groups in total. The number of aromatic nitrogens is 3. The van der Waals surface area contributed by atoms with Crippen molar-refractivity contribution in [2.24, 2.45) is 16.8 Å².